The highest BCUT2D eigenvalue weighted by Crippen LogP contribution is 2.21. The Morgan fingerprint density at radius 1 is 1.37 bits per heavy atom. The molecule has 0 unspecified atom stereocenters. The lowest BCUT2D eigenvalue weighted by Gasteiger charge is -2.16. The minimum atomic E-state index is -0.421. The minimum Gasteiger partial charge on any atom is -0.468 e. The molecule has 100 valence electrons. The number of nitro benzene ring substituents is 1. The largest absolute Gasteiger partial charge is 0.468 e. The van der Waals surface area contributed by atoms with Crippen molar-refractivity contribution in [3.05, 3.63) is 58.0 Å². The molecule has 0 fully saturated rings. The van der Waals surface area contributed by atoms with Crippen molar-refractivity contribution in [2.45, 2.75) is 13.1 Å². The number of nitrogens with two attached hydrogens (primary N) is 1. The summed E-state index contributed by atoms with van der Waals surface area (Å²) in [6.07, 6.45) is 1.62. The number of furan rings is 1. The number of nitrogens with zero attached hydrogens (tertiary/aromatic N) is 2. The molecule has 0 saturated heterocycles. The Kier molecular flexibility index (Phi) is 3.82. The highest BCUT2D eigenvalue weighted by atomic mass is 16.6. The van der Waals surface area contributed by atoms with Crippen molar-refractivity contribution in [1.82, 2.24) is 4.90 Å². The van der Waals surface area contributed by atoms with Gasteiger partial charge in [0.2, 0.25) is 0 Å². The molecule has 1 heterocycles. The first-order chi connectivity index (χ1) is 9.06. The third-order valence-electron chi connectivity index (χ3n) is 2.78. The Morgan fingerprint density at radius 3 is 2.79 bits per heavy atom. The molecule has 0 spiro atoms. The normalized spacial score (nSPS) is 10.8. The Labute approximate surface area is 110 Å². The Morgan fingerprint density at radius 2 is 2.16 bits per heavy atom. The smallest absolute Gasteiger partial charge is 0.269 e. The molecular formula is C13H15N3O3. The molecule has 2 N–H and O–H groups in total. The zero-order valence-electron chi connectivity index (χ0n) is 10.6. The van der Waals surface area contributed by atoms with Crippen LogP contribution in [0.1, 0.15) is 11.3 Å². The van der Waals surface area contributed by atoms with E-state index in [0.29, 0.717) is 18.8 Å². The lowest BCUT2D eigenvalue weighted by atomic mass is 10.1. The van der Waals surface area contributed by atoms with Crippen LogP contribution in [0.25, 0.3) is 0 Å². The van der Waals surface area contributed by atoms with E-state index < -0.39 is 4.92 Å². The molecule has 1 aromatic heterocycles. The summed E-state index contributed by atoms with van der Waals surface area (Å²) in [6.45, 7) is 1.14. The molecule has 0 aliphatic rings. The van der Waals surface area contributed by atoms with E-state index in [1.165, 1.54) is 12.1 Å². The average molecular weight is 261 g/mol. The van der Waals surface area contributed by atoms with Crippen LogP contribution in [0.3, 0.4) is 0 Å². The molecule has 1 aromatic carbocycles. The Balaban J connectivity index is 2.09. The van der Waals surface area contributed by atoms with E-state index in [2.05, 4.69) is 0 Å². The Hall–Kier alpha value is -2.34. The number of benzene rings is 1. The summed E-state index contributed by atoms with van der Waals surface area (Å²) in [5.74, 6) is 0.839. The van der Waals surface area contributed by atoms with Crippen LogP contribution >= 0.6 is 0 Å². The van der Waals surface area contributed by atoms with Crippen LogP contribution in [-0.4, -0.2) is 16.9 Å². The Bertz CT molecular complexity index is 567. The number of hydrogen-bond acceptors (Lipinski definition) is 5. The zero-order valence-corrected chi connectivity index (χ0v) is 10.6. The van der Waals surface area contributed by atoms with Gasteiger partial charge in [0.1, 0.15) is 5.76 Å². The van der Waals surface area contributed by atoms with Gasteiger partial charge < -0.3 is 10.2 Å². The molecule has 6 heteroatoms. The second-order valence-electron chi connectivity index (χ2n) is 4.39. The number of nitro groups is 1. The van der Waals surface area contributed by atoms with Gasteiger partial charge in [0.15, 0.2) is 0 Å². The van der Waals surface area contributed by atoms with Gasteiger partial charge in [-0.1, -0.05) is 0 Å². The van der Waals surface area contributed by atoms with E-state index in [1.54, 1.807) is 12.3 Å². The minimum absolute atomic E-state index is 0.0515. The third-order valence-corrected chi connectivity index (χ3v) is 2.78. The van der Waals surface area contributed by atoms with E-state index in [4.69, 9.17) is 10.2 Å². The molecule has 0 bridgehead atoms. The summed E-state index contributed by atoms with van der Waals surface area (Å²) in [5.41, 5.74) is 7.18. The van der Waals surface area contributed by atoms with Crippen molar-refractivity contribution in [2.75, 3.05) is 12.8 Å². The summed E-state index contributed by atoms with van der Waals surface area (Å²) in [5, 5.41) is 10.7. The van der Waals surface area contributed by atoms with E-state index >= 15 is 0 Å². The van der Waals surface area contributed by atoms with E-state index in [-0.39, 0.29) is 5.69 Å². The first-order valence-corrected chi connectivity index (χ1v) is 5.80. The van der Waals surface area contributed by atoms with Gasteiger partial charge in [0.25, 0.3) is 5.69 Å². The highest BCUT2D eigenvalue weighted by molar-refractivity contribution is 5.52. The molecule has 19 heavy (non-hydrogen) atoms. The maximum Gasteiger partial charge on any atom is 0.269 e. The second kappa shape index (κ2) is 5.53. The van der Waals surface area contributed by atoms with Crippen LogP contribution in [0.4, 0.5) is 11.4 Å². The SMILES string of the molecule is CN(Cc1ccco1)Cc1cc([N+](=O)[O-])ccc1N. The average Bonchev–Trinajstić information content (AvgIpc) is 2.84. The number of nitrogen functional groups attached to an aromatic ring is 1. The number of anilines is 1. The van der Waals surface area contributed by atoms with Crippen molar-refractivity contribution in [3.8, 4) is 0 Å². The predicted octanol–water partition coefficient (Wildman–Crippen LogP) is 2.40. The van der Waals surface area contributed by atoms with Crippen molar-refractivity contribution in [1.29, 1.82) is 0 Å². The molecule has 0 saturated carbocycles. The van der Waals surface area contributed by atoms with E-state index in [1.807, 2.05) is 24.1 Å². The third kappa shape index (κ3) is 3.32. The molecule has 0 aliphatic carbocycles. The second-order valence-corrected chi connectivity index (χ2v) is 4.39. The standard InChI is InChI=1S/C13H15N3O3/c1-15(9-12-3-2-6-19-12)8-10-7-11(16(17)18)4-5-13(10)14/h2-7H,8-9,14H2,1H3. The summed E-state index contributed by atoms with van der Waals surface area (Å²) in [7, 11) is 1.90. The van der Waals surface area contributed by atoms with Crippen LogP contribution in [0, 0.1) is 10.1 Å². The first kappa shape index (κ1) is 13.1. The van der Waals surface area contributed by atoms with Gasteiger partial charge in [-0.25, -0.2) is 0 Å². The van der Waals surface area contributed by atoms with Crippen LogP contribution in [0.5, 0.6) is 0 Å². The highest BCUT2D eigenvalue weighted by Gasteiger charge is 2.11. The van der Waals surface area contributed by atoms with Crippen LogP contribution in [0.2, 0.25) is 0 Å². The lowest BCUT2D eigenvalue weighted by Crippen LogP contribution is -2.17. The van der Waals surface area contributed by atoms with E-state index in [9.17, 15) is 10.1 Å². The zero-order chi connectivity index (χ0) is 13.8. The van der Waals surface area contributed by atoms with E-state index in [0.717, 1.165) is 11.3 Å². The van der Waals surface area contributed by atoms with Gasteiger partial charge in [-0.05, 0) is 30.8 Å². The van der Waals surface area contributed by atoms with Crippen LogP contribution < -0.4 is 5.73 Å². The lowest BCUT2D eigenvalue weighted by molar-refractivity contribution is -0.384. The fraction of sp³-hybridized carbons (Fsp3) is 0.231. The van der Waals surface area contributed by atoms with Crippen molar-refractivity contribution < 1.29 is 9.34 Å². The van der Waals surface area contributed by atoms with Gasteiger partial charge >= 0.3 is 0 Å². The van der Waals surface area contributed by atoms with Gasteiger partial charge in [0.05, 0.1) is 17.7 Å². The molecule has 0 amide bonds. The number of hydrogen-bond donors (Lipinski definition) is 1. The van der Waals surface area contributed by atoms with Gasteiger partial charge in [-0.3, -0.25) is 15.0 Å². The summed E-state index contributed by atoms with van der Waals surface area (Å²) >= 11 is 0. The van der Waals surface area contributed by atoms with Crippen LogP contribution in [0.15, 0.2) is 41.0 Å². The topological polar surface area (TPSA) is 85.5 Å². The molecule has 6 nitrogen and oxygen atoms in total. The van der Waals surface area contributed by atoms with Gasteiger partial charge in [0, 0.05) is 24.4 Å². The summed E-state index contributed by atoms with van der Waals surface area (Å²) in [4.78, 5) is 12.3. The molecule has 0 atom stereocenters. The van der Waals surface area contributed by atoms with Crippen LogP contribution in [-0.2, 0) is 13.1 Å². The maximum atomic E-state index is 10.7. The molecule has 2 aromatic rings. The molecular weight excluding hydrogens is 246 g/mol. The first-order valence-electron chi connectivity index (χ1n) is 5.80. The number of rotatable bonds is 5. The van der Waals surface area contributed by atoms with Gasteiger partial charge in [-0.2, -0.15) is 0 Å². The summed E-state index contributed by atoms with van der Waals surface area (Å²) < 4.78 is 5.25. The number of non-ortho nitro benzene ring substituents is 1. The quantitative estimate of drug-likeness (QED) is 0.507. The monoisotopic (exact) mass is 261 g/mol. The van der Waals surface area contributed by atoms with Gasteiger partial charge in [-0.15, -0.1) is 0 Å². The fourth-order valence-corrected chi connectivity index (χ4v) is 1.86. The van der Waals surface area contributed by atoms with Crippen molar-refractivity contribution >= 4 is 11.4 Å². The predicted molar refractivity (Wildman–Crippen MR) is 71.4 cm³/mol. The fourth-order valence-electron chi connectivity index (χ4n) is 1.86. The van der Waals surface area contributed by atoms with Crippen molar-refractivity contribution in [2.24, 2.45) is 0 Å². The van der Waals surface area contributed by atoms with Crippen molar-refractivity contribution in [3.63, 3.8) is 0 Å². The summed E-state index contributed by atoms with van der Waals surface area (Å²) in [6, 6.07) is 8.19. The molecule has 2 rings (SSSR count). The maximum absolute atomic E-state index is 10.7. The molecule has 0 radical (unpaired) electrons. The molecule has 0 aliphatic heterocycles.